The highest BCUT2D eigenvalue weighted by molar-refractivity contribution is 6.30. The lowest BCUT2D eigenvalue weighted by atomic mass is 9.97. The third kappa shape index (κ3) is 2.69. The van der Waals surface area contributed by atoms with Crippen molar-refractivity contribution in [2.24, 2.45) is 0 Å². The molecule has 1 aliphatic rings. The normalized spacial score (nSPS) is 17.4. The van der Waals surface area contributed by atoms with Crippen molar-refractivity contribution in [1.82, 2.24) is 0 Å². The number of anilines is 1. The van der Waals surface area contributed by atoms with Crippen LogP contribution in [0.4, 0.5) is 5.69 Å². The van der Waals surface area contributed by atoms with Gasteiger partial charge in [0, 0.05) is 10.7 Å². The van der Waals surface area contributed by atoms with Crippen molar-refractivity contribution < 1.29 is 9.53 Å². The zero-order chi connectivity index (χ0) is 13.9. The molecule has 1 N–H and O–H groups in total. The van der Waals surface area contributed by atoms with Crippen molar-refractivity contribution in [1.29, 1.82) is 0 Å². The van der Waals surface area contributed by atoms with Gasteiger partial charge in [0.25, 0.3) is 5.91 Å². The van der Waals surface area contributed by atoms with Gasteiger partial charge < -0.3 is 10.1 Å². The second kappa shape index (κ2) is 5.65. The zero-order valence-corrected chi connectivity index (χ0v) is 11.6. The highest BCUT2D eigenvalue weighted by atomic mass is 35.5. The molecule has 0 aliphatic carbocycles. The van der Waals surface area contributed by atoms with Crippen molar-refractivity contribution in [3.63, 3.8) is 0 Å². The smallest absolute Gasteiger partial charge is 0.258 e. The number of hydrogen-bond donors (Lipinski definition) is 1. The summed E-state index contributed by atoms with van der Waals surface area (Å²) in [7, 11) is 0. The number of nitrogens with one attached hydrogen (secondary N) is 1. The van der Waals surface area contributed by atoms with Crippen LogP contribution in [0.1, 0.15) is 17.2 Å². The molecular formula is C16H14ClNO2. The molecule has 0 bridgehead atoms. The molecule has 1 heterocycles. The monoisotopic (exact) mass is 287 g/mol. The van der Waals surface area contributed by atoms with Gasteiger partial charge >= 0.3 is 0 Å². The van der Waals surface area contributed by atoms with E-state index < -0.39 is 6.10 Å². The Bertz CT molecular complexity index is 625. The Kier molecular flexibility index (Phi) is 3.72. The van der Waals surface area contributed by atoms with Gasteiger partial charge in [-0.3, -0.25) is 4.79 Å². The predicted molar refractivity (Wildman–Crippen MR) is 78.9 cm³/mol. The molecule has 102 valence electrons. The summed E-state index contributed by atoms with van der Waals surface area (Å²) in [6, 6.07) is 14.9. The fourth-order valence-corrected chi connectivity index (χ4v) is 2.48. The van der Waals surface area contributed by atoms with E-state index in [1.807, 2.05) is 24.3 Å². The molecule has 0 saturated heterocycles. The summed E-state index contributed by atoms with van der Waals surface area (Å²) in [4.78, 5) is 12.3. The van der Waals surface area contributed by atoms with Crippen LogP contribution >= 0.6 is 11.6 Å². The van der Waals surface area contributed by atoms with Crippen LogP contribution in [0.15, 0.2) is 48.5 Å². The number of hydrogen-bond acceptors (Lipinski definition) is 2. The molecule has 3 nitrogen and oxygen atoms in total. The summed E-state index contributed by atoms with van der Waals surface area (Å²) < 4.78 is 5.62. The largest absolute Gasteiger partial charge is 0.363 e. The molecule has 20 heavy (non-hydrogen) atoms. The maximum atomic E-state index is 12.3. The predicted octanol–water partition coefficient (Wildman–Crippen LogP) is 3.59. The Morgan fingerprint density at radius 3 is 2.70 bits per heavy atom. The maximum Gasteiger partial charge on any atom is 0.258 e. The van der Waals surface area contributed by atoms with Crippen LogP contribution in [0.25, 0.3) is 0 Å². The average Bonchev–Trinajstić information content (AvgIpc) is 2.49. The standard InChI is InChI=1S/C16H14ClNO2/c17-12-5-7-13(8-6-12)18-16(19)15-14-4-2-1-3-11(14)9-10-20-15/h1-8,15H,9-10H2,(H,18,19). The van der Waals surface area contributed by atoms with Gasteiger partial charge in [-0.05, 0) is 41.8 Å². The number of fused-ring (bicyclic) bond motifs is 1. The van der Waals surface area contributed by atoms with Gasteiger partial charge in [0.15, 0.2) is 6.10 Å². The number of amides is 1. The first kappa shape index (κ1) is 13.2. The molecule has 1 unspecified atom stereocenters. The summed E-state index contributed by atoms with van der Waals surface area (Å²) in [5.74, 6) is -0.153. The Labute approximate surface area is 122 Å². The first-order valence-corrected chi connectivity index (χ1v) is 6.88. The van der Waals surface area contributed by atoms with E-state index in [1.165, 1.54) is 5.56 Å². The molecule has 4 heteroatoms. The van der Waals surface area contributed by atoms with E-state index in [2.05, 4.69) is 5.32 Å². The number of benzene rings is 2. The molecule has 1 atom stereocenters. The van der Waals surface area contributed by atoms with Crippen LogP contribution in [0, 0.1) is 0 Å². The third-order valence-electron chi connectivity index (χ3n) is 3.34. The number of halogens is 1. The van der Waals surface area contributed by atoms with Crippen LogP contribution in [0.5, 0.6) is 0 Å². The first-order chi connectivity index (χ1) is 9.74. The fraction of sp³-hybridized carbons (Fsp3) is 0.188. The van der Waals surface area contributed by atoms with E-state index in [4.69, 9.17) is 16.3 Å². The van der Waals surface area contributed by atoms with Crippen LogP contribution in [-0.2, 0) is 16.0 Å². The molecule has 0 aromatic heterocycles. The van der Waals surface area contributed by atoms with E-state index in [1.54, 1.807) is 24.3 Å². The minimum atomic E-state index is -0.546. The van der Waals surface area contributed by atoms with E-state index in [-0.39, 0.29) is 5.91 Å². The van der Waals surface area contributed by atoms with Gasteiger partial charge in [-0.1, -0.05) is 35.9 Å². The van der Waals surface area contributed by atoms with Gasteiger partial charge in [0.2, 0.25) is 0 Å². The van der Waals surface area contributed by atoms with Gasteiger partial charge in [-0.15, -0.1) is 0 Å². The summed E-state index contributed by atoms with van der Waals surface area (Å²) in [5.41, 5.74) is 2.84. The van der Waals surface area contributed by atoms with Crippen LogP contribution < -0.4 is 5.32 Å². The molecule has 0 radical (unpaired) electrons. The van der Waals surface area contributed by atoms with Crippen molar-refractivity contribution in [3.05, 3.63) is 64.7 Å². The van der Waals surface area contributed by atoms with Gasteiger partial charge in [-0.25, -0.2) is 0 Å². The molecule has 2 aromatic rings. The molecule has 2 aromatic carbocycles. The molecular weight excluding hydrogens is 274 g/mol. The molecule has 3 rings (SSSR count). The summed E-state index contributed by atoms with van der Waals surface area (Å²) >= 11 is 5.83. The van der Waals surface area contributed by atoms with Gasteiger partial charge in [-0.2, -0.15) is 0 Å². The molecule has 0 saturated carbocycles. The fourth-order valence-electron chi connectivity index (χ4n) is 2.35. The second-order valence-corrected chi connectivity index (χ2v) is 5.13. The first-order valence-electron chi connectivity index (χ1n) is 6.50. The lowest BCUT2D eigenvalue weighted by Gasteiger charge is -2.25. The average molecular weight is 288 g/mol. The SMILES string of the molecule is O=C(Nc1ccc(Cl)cc1)C1OCCc2ccccc21. The zero-order valence-electron chi connectivity index (χ0n) is 10.8. The number of rotatable bonds is 2. The van der Waals surface area contributed by atoms with Gasteiger partial charge in [0.1, 0.15) is 0 Å². The van der Waals surface area contributed by atoms with Crippen LogP contribution in [-0.4, -0.2) is 12.5 Å². The molecule has 1 amide bonds. The summed E-state index contributed by atoms with van der Waals surface area (Å²) in [6.07, 6.45) is 0.302. The highest BCUT2D eigenvalue weighted by Crippen LogP contribution is 2.28. The molecule has 1 aliphatic heterocycles. The highest BCUT2D eigenvalue weighted by Gasteiger charge is 2.27. The lowest BCUT2D eigenvalue weighted by Crippen LogP contribution is -2.28. The van der Waals surface area contributed by atoms with Crippen molar-refractivity contribution >= 4 is 23.2 Å². The van der Waals surface area contributed by atoms with Crippen molar-refractivity contribution in [3.8, 4) is 0 Å². The number of ether oxygens (including phenoxy) is 1. The molecule has 0 fully saturated rings. The Balaban J connectivity index is 1.80. The Morgan fingerprint density at radius 1 is 1.15 bits per heavy atom. The topological polar surface area (TPSA) is 38.3 Å². The number of carbonyl (C=O) groups excluding carboxylic acids is 1. The summed E-state index contributed by atoms with van der Waals surface area (Å²) in [6.45, 7) is 0.565. The Morgan fingerprint density at radius 2 is 1.90 bits per heavy atom. The van der Waals surface area contributed by atoms with E-state index in [9.17, 15) is 4.79 Å². The van der Waals surface area contributed by atoms with E-state index in [0.29, 0.717) is 17.3 Å². The van der Waals surface area contributed by atoms with Crippen molar-refractivity contribution in [2.45, 2.75) is 12.5 Å². The molecule has 0 spiro atoms. The van der Waals surface area contributed by atoms with E-state index >= 15 is 0 Å². The lowest BCUT2D eigenvalue weighted by molar-refractivity contribution is -0.128. The van der Waals surface area contributed by atoms with Crippen molar-refractivity contribution in [2.75, 3.05) is 11.9 Å². The third-order valence-corrected chi connectivity index (χ3v) is 3.60. The number of carbonyl (C=O) groups is 1. The second-order valence-electron chi connectivity index (χ2n) is 4.70. The maximum absolute atomic E-state index is 12.3. The quantitative estimate of drug-likeness (QED) is 0.916. The van der Waals surface area contributed by atoms with Crippen LogP contribution in [0.2, 0.25) is 5.02 Å². The Hall–Kier alpha value is -1.84. The van der Waals surface area contributed by atoms with Gasteiger partial charge in [0.05, 0.1) is 6.61 Å². The minimum absolute atomic E-state index is 0.153. The summed E-state index contributed by atoms with van der Waals surface area (Å²) in [5, 5.41) is 3.50. The minimum Gasteiger partial charge on any atom is -0.363 e. The van der Waals surface area contributed by atoms with E-state index in [0.717, 1.165) is 12.0 Å². The van der Waals surface area contributed by atoms with Crippen LogP contribution in [0.3, 0.4) is 0 Å².